The fourth-order valence-corrected chi connectivity index (χ4v) is 2.34. The van der Waals surface area contributed by atoms with Crippen molar-refractivity contribution in [2.75, 3.05) is 12.4 Å². The molecular formula is C13H18N4O2S. The summed E-state index contributed by atoms with van der Waals surface area (Å²) in [5, 5.41) is 9.17. The molecule has 0 fully saturated rings. The normalized spacial score (nSPS) is 12.7. The van der Waals surface area contributed by atoms with Crippen molar-refractivity contribution in [3.63, 3.8) is 0 Å². The number of aryl methyl sites for hydroxylation is 2. The molecule has 0 radical (unpaired) electrons. The van der Waals surface area contributed by atoms with Crippen LogP contribution < -0.4 is 5.32 Å². The molecule has 0 spiro atoms. The zero-order chi connectivity index (χ0) is 14.7. The molecule has 0 saturated carbocycles. The third kappa shape index (κ3) is 3.23. The van der Waals surface area contributed by atoms with E-state index in [4.69, 9.17) is 4.52 Å². The fraction of sp³-hybridized carbons (Fsp3) is 0.462. The molecule has 0 unspecified atom stereocenters. The Morgan fingerprint density at radius 1 is 1.55 bits per heavy atom. The van der Waals surface area contributed by atoms with Crippen LogP contribution in [0, 0.1) is 13.8 Å². The highest BCUT2D eigenvalue weighted by Gasteiger charge is 2.21. The number of hydrogen-bond donors (Lipinski definition) is 1. The molecule has 0 saturated heterocycles. The Morgan fingerprint density at radius 3 is 2.85 bits per heavy atom. The van der Waals surface area contributed by atoms with Gasteiger partial charge < -0.3 is 9.84 Å². The molecule has 0 bridgehead atoms. The predicted octanol–water partition coefficient (Wildman–Crippen LogP) is 2.21. The maximum Gasteiger partial charge on any atom is 0.243 e. The number of rotatable bonds is 5. The van der Waals surface area contributed by atoms with Gasteiger partial charge >= 0.3 is 0 Å². The summed E-state index contributed by atoms with van der Waals surface area (Å²) in [6.45, 7) is 6.26. The van der Waals surface area contributed by atoms with Gasteiger partial charge in [-0.1, -0.05) is 5.16 Å². The van der Waals surface area contributed by atoms with Crippen molar-refractivity contribution in [3.05, 3.63) is 28.6 Å². The summed E-state index contributed by atoms with van der Waals surface area (Å²) in [5.41, 5.74) is 1.89. The minimum atomic E-state index is -0.271. The molecule has 6 nitrogen and oxygen atoms in total. The third-order valence-corrected chi connectivity index (χ3v) is 3.98. The summed E-state index contributed by atoms with van der Waals surface area (Å²) in [4.78, 5) is 18.1. The molecule has 0 aliphatic heterocycles. The van der Waals surface area contributed by atoms with Crippen LogP contribution in [0.15, 0.2) is 16.1 Å². The van der Waals surface area contributed by atoms with Gasteiger partial charge in [0.15, 0.2) is 5.13 Å². The van der Waals surface area contributed by atoms with Gasteiger partial charge in [-0.25, -0.2) is 4.98 Å². The molecule has 1 amide bonds. The first-order chi connectivity index (χ1) is 9.49. The summed E-state index contributed by atoms with van der Waals surface area (Å²) in [7, 11) is 1.90. The van der Waals surface area contributed by atoms with Crippen molar-refractivity contribution < 1.29 is 9.32 Å². The first kappa shape index (κ1) is 14.7. The smallest absolute Gasteiger partial charge is 0.243 e. The number of nitrogens with zero attached hydrogens (tertiary/aromatic N) is 3. The van der Waals surface area contributed by atoms with Crippen LogP contribution in [0.5, 0.6) is 0 Å². The van der Waals surface area contributed by atoms with Crippen molar-refractivity contribution in [1.29, 1.82) is 0 Å². The summed E-state index contributed by atoms with van der Waals surface area (Å²) < 4.78 is 5.14. The fourth-order valence-electron chi connectivity index (χ4n) is 1.81. The highest BCUT2D eigenvalue weighted by atomic mass is 32.1. The number of hydrogen-bond acceptors (Lipinski definition) is 6. The van der Waals surface area contributed by atoms with E-state index >= 15 is 0 Å². The largest absolute Gasteiger partial charge is 0.361 e. The lowest BCUT2D eigenvalue weighted by Gasteiger charge is -2.23. The van der Waals surface area contributed by atoms with Gasteiger partial charge in [0.05, 0.1) is 11.7 Å². The van der Waals surface area contributed by atoms with Gasteiger partial charge in [-0.15, -0.1) is 11.3 Å². The summed E-state index contributed by atoms with van der Waals surface area (Å²) in [6, 6.07) is -0.271. The van der Waals surface area contributed by atoms with E-state index in [9.17, 15) is 4.79 Å². The number of likely N-dealkylation sites (N-methyl/N-ethyl adjacent to an activating group) is 1. The second-order valence-electron chi connectivity index (χ2n) is 4.72. The number of carbonyl (C=O) groups excluding carboxylic acids is 1. The Hall–Kier alpha value is -1.73. The molecule has 7 heteroatoms. The van der Waals surface area contributed by atoms with Gasteiger partial charge in [0, 0.05) is 23.7 Å². The highest BCUT2D eigenvalue weighted by molar-refractivity contribution is 7.13. The molecule has 2 rings (SSSR count). The van der Waals surface area contributed by atoms with Crippen LogP contribution in [0.25, 0.3) is 0 Å². The summed E-state index contributed by atoms with van der Waals surface area (Å²) in [6.07, 6.45) is 1.67. The maximum atomic E-state index is 12.1. The van der Waals surface area contributed by atoms with Gasteiger partial charge in [-0.3, -0.25) is 9.69 Å². The Bertz CT molecular complexity index is 560. The van der Waals surface area contributed by atoms with Gasteiger partial charge in [-0.05, 0) is 27.8 Å². The average molecular weight is 294 g/mol. The van der Waals surface area contributed by atoms with Crippen LogP contribution in [0.2, 0.25) is 0 Å². The van der Waals surface area contributed by atoms with Gasteiger partial charge in [0.2, 0.25) is 5.91 Å². The van der Waals surface area contributed by atoms with E-state index in [2.05, 4.69) is 15.5 Å². The van der Waals surface area contributed by atoms with Crippen LogP contribution in [0.3, 0.4) is 0 Å². The molecule has 2 heterocycles. The van der Waals surface area contributed by atoms with E-state index in [0.29, 0.717) is 11.7 Å². The Balaban J connectivity index is 1.98. The van der Waals surface area contributed by atoms with Crippen LogP contribution in [0.1, 0.15) is 23.9 Å². The minimum Gasteiger partial charge on any atom is -0.361 e. The molecule has 108 valence electrons. The zero-order valence-corrected chi connectivity index (χ0v) is 12.8. The van der Waals surface area contributed by atoms with Crippen LogP contribution in [-0.4, -0.2) is 34.0 Å². The molecule has 1 N–H and O–H groups in total. The first-order valence-corrected chi connectivity index (χ1v) is 7.19. The summed E-state index contributed by atoms with van der Waals surface area (Å²) in [5.74, 6) is 0.719. The Kier molecular flexibility index (Phi) is 4.51. The quantitative estimate of drug-likeness (QED) is 0.915. The molecule has 20 heavy (non-hydrogen) atoms. The topological polar surface area (TPSA) is 71.3 Å². The van der Waals surface area contributed by atoms with Crippen molar-refractivity contribution in [1.82, 2.24) is 15.0 Å². The maximum absolute atomic E-state index is 12.1. The molecule has 2 aromatic heterocycles. The van der Waals surface area contributed by atoms with E-state index in [1.807, 2.05) is 38.1 Å². The molecule has 0 aliphatic carbocycles. The van der Waals surface area contributed by atoms with E-state index in [0.717, 1.165) is 17.0 Å². The van der Waals surface area contributed by atoms with Crippen molar-refractivity contribution in [3.8, 4) is 0 Å². The third-order valence-electron chi connectivity index (χ3n) is 3.29. The van der Waals surface area contributed by atoms with E-state index in [1.54, 1.807) is 6.20 Å². The lowest BCUT2D eigenvalue weighted by Crippen LogP contribution is -2.39. The summed E-state index contributed by atoms with van der Waals surface area (Å²) >= 11 is 1.40. The predicted molar refractivity (Wildman–Crippen MR) is 77.6 cm³/mol. The second kappa shape index (κ2) is 6.15. The van der Waals surface area contributed by atoms with Crippen LogP contribution in [-0.2, 0) is 11.3 Å². The molecular weight excluding hydrogens is 276 g/mol. The zero-order valence-electron chi connectivity index (χ0n) is 12.0. The second-order valence-corrected chi connectivity index (χ2v) is 5.61. The Labute approximate surface area is 121 Å². The molecule has 1 atom stereocenters. The van der Waals surface area contributed by atoms with Crippen molar-refractivity contribution in [2.45, 2.75) is 33.4 Å². The number of aromatic nitrogens is 2. The van der Waals surface area contributed by atoms with Gasteiger partial charge in [-0.2, -0.15) is 0 Å². The number of nitrogens with one attached hydrogen (secondary N) is 1. The number of carbonyl (C=O) groups is 1. The molecule has 0 aromatic carbocycles. The van der Waals surface area contributed by atoms with E-state index in [1.165, 1.54) is 11.3 Å². The van der Waals surface area contributed by atoms with Gasteiger partial charge in [0.1, 0.15) is 5.76 Å². The van der Waals surface area contributed by atoms with Crippen molar-refractivity contribution >= 4 is 22.4 Å². The lowest BCUT2D eigenvalue weighted by atomic mass is 10.1. The number of thiazole rings is 1. The monoisotopic (exact) mass is 294 g/mol. The SMILES string of the molecule is Cc1noc(C)c1CN(C)[C@H](C)C(=O)Nc1nccs1. The van der Waals surface area contributed by atoms with Crippen LogP contribution >= 0.6 is 11.3 Å². The highest BCUT2D eigenvalue weighted by Crippen LogP contribution is 2.16. The Morgan fingerprint density at radius 2 is 2.30 bits per heavy atom. The van der Waals surface area contributed by atoms with Crippen molar-refractivity contribution in [2.24, 2.45) is 0 Å². The lowest BCUT2D eigenvalue weighted by molar-refractivity contribution is -0.120. The number of amides is 1. The van der Waals surface area contributed by atoms with Gasteiger partial charge in [0.25, 0.3) is 0 Å². The van der Waals surface area contributed by atoms with E-state index in [-0.39, 0.29) is 11.9 Å². The van der Waals surface area contributed by atoms with Crippen LogP contribution in [0.4, 0.5) is 5.13 Å². The average Bonchev–Trinajstić information content (AvgIpc) is 3.02. The standard InChI is InChI=1S/C13H18N4O2S/c1-8-11(10(3)19-16-8)7-17(4)9(2)12(18)15-13-14-5-6-20-13/h5-6,9H,7H2,1-4H3,(H,14,15,18)/t9-/m1/s1. The first-order valence-electron chi connectivity index (χ1n) is 6.31. The number of anilines is 1. The molecule has 2 aromatic rings. The molecule has 0 aliphatic rings. The van der Waals surface area contributed by atoms with E-state index < -0.39 is 0 Å². The minimum absolute atomic E-state index is 0.0748.